The van der Waals surface area contributed by atoms with Crippen molar-refractivity contribution in [1.82, 2.24) is 0 Å². The predicted octanol–water partition coefficient (Wildman–Crippen LogP) is 4.81. The minimum atomic E-state index is -3.85. The van der Waals surface area contributed by atoms with Gasteiger partial charge in [-0.15, -0.1) is 0 Å². The van der Waals surface area contributed by atoms with Gasteiger partial charge >= 0.3 is 0 Å². The van der Waals surface area contributed by atoms with Crippen LogP contribution in [0.1, 0.15) is 18.4 Å². The van der Waals surface area contributed by atoms with Gasteiger partial charge in [0.2, 0.25) is 5.91 Å². The van der Waals surface area contributed by atoms with E-state index >= 15 is 0 Å². The van der Waals surface area contributed by atoms with Gasteiger partial charge in [-0.2, -0.15) is 0 Å². The zero-order valence-electron chi connectivity index (χ0n) is 15.4. The van der Waals surface area contributed by atoms with Gasteiger partial charge in [0.1, 0.15) is 0 Å². The number of rotatable bonds is 6. The summed E-state index contributed by atoms with van der Waals surface area (Å²) in [7, 11) is -3.85. The fraction of sp³-hybridized carbons (Fsp3) is 0.136. The van der Waals surface area contributed by atoms with Crippen molar-refractivity contribution in [2.75, 3.05) is 10.0 Å². The molecule has 5 nitrogen and oxygen atoms in total. The Bertz CT molecular complexity index is 1160. The average molecular weight is 427 g/mol. The molecule has 3 aromatic carbocycles. The van der Waals surface area contributed by atoms with E-state index in [1.807, 2.05) is 30.3 Å². The first kappa shape index (κ1) is 19.5. The van der Waals surface area contributed by atoms with E-state index in [0.717, 1.165) is 18.4 Å². The number of nitrogens with one attached hydrogen (secondary N) is 2. The third-order valence-corrected chi connectivity index (χ3v) is 6.72. The Morgan fingerprint density at radius 3 is 2.28 bits per heavy atom. The second-order valence-corrected chi connectivity index (χ2v) is 9.11. The van der Waals surface area contributed by atoms with E-state index < -0.39 is 15.4 Å². The molecule has 2 N–H and O–H groups in total. The van der Waals surface area contributed by atoms with Gasteiger partial charge in [0, 0.05) is 5.69 Å². The number of hydrogen-bond donors (Lipinski definition) is 2. The van der Waals surface area contributed by atoms with E-state index in [1.165, 1.54) is 12.1 Å². The quantitative estimate of drug-likeness (QED) is 0.593. The van der Waals surface area contributed by atoms with Gasteiger partial charge in [0.25, 0.3) is 10.0 Å². The van der Waals surface area contributed by atoms with Gasteiger partial charge in [0.15, 0.2) is 0 Å². The van der Waals surface area contributed by atoms with Crippen molar-refractivity contribution in [1.29, 1.82) is 0 Å². The van der Waals surface area contributed by atoms with Crippen LogP contribution in [-0.4, -0.2) is 14.3 Å². The van der Waals surface area contributed by atoms with Crippen LogP contribution in [0.3, 0.4) is 0 Å². The highest BCUT2D eigenvalue weighted by Gasteiger charge is 2.51. The summed E-state index contributed by atoms with van der Waals surface area (Å²) in [5.74, 6) is -0.127. The van der Waals surface area contributed by atoms with Gasteiger partial charge in [-0.3, -0.25) is 9.52 Å². The van der Waals surface area contributed by atoms with Gasteiger partial charge in [-0.25, -0.2) is 8.42 Å². The van der Waals surface area contributed by atoms with Crippen molar-refractivity contribution in [3.63, 3.8) is 0 Å². The number of benzene rings is 3. The Kier molecular flexibility index (Phi) is 5.06. The van der Waals surface area contributed by atoms with Gasteiger partial charge in [0.05, 0.1) is 21.0 Å². The third kappa shape index (κ3) is 3.99. The maximum Gasteiger partial charge on any atom is 0.262 e. The summed E-state index contributed by atoms with van der Waals surface area (Å²) in [6.45, 7) is 0. The molecule has 0 heterocycles. The van der Waals surface area contributed by atoms with Crippen molar-refractivity contribution in [2.24, 2.45) is 0 Å². The maximum atomic E-state index is 12.9. The Labute approximate surface area is 174 Å². The molecular formula is C22H19ClN2O3S. The highest BCUT2D eigenvalue weighted by atomic mass is 35.5. The summed E-state index contributed by atoms with van der Waals surface area (Å²) < 4.78 is 28.0. The van der Waals surface area contributed by atoms with Crippen LogP contribution in [0.2, 0.25) is 5.02 Å². The van der Waals surface area contributed by atoms with Crippen LogP contribution in [0, 0.1) is 0 Å². The van der Waals surface area contributed by atoms with E-state index in [4.69, 9.17) is 11.6 Å². The molecule has 0 saturated heterocycles. The Morgan fingerprint density at radius 1 is 0.897 bits per heavy atom. The van der Waals surface area contributed by atoms with Crippen molar-refractivity contribution in [3.8, 4) is 0 Å². The normalized spacial score (nSPS) is 14.8. The molecule has 1 amide bonds. The highest BCUT2D eigenvalue weighted by Crippen LogP contribution is 2.48. The lowest BCUT2D eigenvalue weighted by Crippen LogP contribution is -2.27. The Balaban J connectivity index is 1.55. The lowest BCUT2D eigenvalue weighted by molar-refractivity contribution is -0.118. The predicted molar refractivity (Wildman–Crippen MR) is 115 cm³/mol. The van der Waals surface area contributed by atoms with Crippen LogP contribution in [0.5, 0.6) is 0 Å². The molecule has 0 atom stereocenters. The first-order chi connectivity index (χ1) is 13.9. The molecule has 148 valence electrons. The zero-order valence-corrected chi connectivity index (χ0v) is 17.0. The second kappa shape index (κ2) is 7.54. The van der Waals surface area contributed by atoms with Crippen LogP contribution in [0.15, 0.2) is 83.8 Å². The average Bonchev–Trinajstić information content (AvgIpc) is 3.53. The Morgan fingerprint density at radius 2 is 1.59 bits per heavy atom. The molecule has 1 saturated carbocycles. The van der Waals surface area contributed by atoms with Gasteiger partial charge in [-0.1, -0.05) is 60.1 Å². The summed E-state index contributed by atoms with van der Waals surface area (Å²) >= 11 is 6.05. The SMILES string of the molecule is O=C(Nc1cccc(S(=O)(=O)Nc2ccccc2Cl)c1)C1(c2ccccc2)CC1. The number of hydrogen-bond acceptors (Lipinski definition) is 3. The molecular weight excluding hydrogens is 408 g/mol. The van der Waals surface area contributed by atoms with Gasteiger partial charge in [-0.05, 0) is 48.7 Å². The molecule has 1 aliphatic carbocycles. The standard InChI is InChI=1S/C22H19ClN2O3S/c23-19-11-4-5-12-20(19)25-29(27,28)18-10-6-9-17(15-18)24-21(26)22(13-14-22)16-7-2-1-3-8-16/h1-12,15,25H,13-14H2,(H,24,26). The third-order valence-electron chi connectivity index (χ3n) is 5.03. The number of sulfonamides is 1. The maximum absolute atomic E-state index is 12.9. The highest BCUT2D eigenvalue weighted by molar-refractivity contribution is 7.92. The molecule has 7 heteroatoms. The first-order valence-corrected chi connectivity index (χ1v) is 11.0. The van der Waals surface area contributed by atoms with Gasteiger partial charge < -0.3 is 5.32 Å². The fourth-order valence-corrected chi connectivity index (χ4v) is 4.63. The zero-order chi connectivity index (χ0) is 20.5. The molecule has 4 rings (SSSR count). The molecule has 3 aromatic rings. The van der Waals surface area contributed by atoms with Crippen molar-refractivity contribution in [2.45, 2.75) is 23.2 Å². The molecule has 0 radical (unpaired) electrons. The molecule has 1 fully saturated rings. The lowest BCUT2D eigenvalue weighted by Gasteiger charge is -2.16. The minimum absolute atomic E-state index is 0.0415. The van der Waals surface area contributed by atoms with Crippen molar-refractivity contribution in [3.05, 3.63) is 89.4 Å². The van der Waals surface area contributed by atoms with E-state index in [1.54, 1.807) is 36.4 Å². The monoisotopic (exact) mass is 426 g/mol. The van der Waals surface area contributed by atoms with E-state index in [-0.39, 0.29) is 10.8 Å². The fourth-order valence-electron chi connectivity index (χ4n) is 3.27. The number of anilines is 2. The molecule has 1 aliphatic rings. The van der Waals surface area contributed by atoms with Crippen LogP contribution in [0.25, 0.3) is 0 Å². The van der Waals surface area contributed by atoms with E-state index in [9.17, 15) is 13.2 Å². The summed E-state index contributed by atoms with van der Waals surface area (Å²) in [5, 5.41) is 3.18. The summed E-state index contributed by atoms with van der Waals surface area (Å²) in [4.78, 5) is 12.9. The topological polar surface area (TPSA) is 75.3 Å². The molecule has 0 unspecified atom stereocenters. The van der Waals surface area contributed by atoms with Crippen LogP contribution in [0.4, 0.5) is 11.4 Å². The smallest absolute Gasteiger partial charge is 0.262 e. The molecule has 0 aliphatic heterocycles. The van der Waals surface area contributed by atoms with E-state index in [0.29, 0.717) is 16.4 Å². The second-order valence-electron chi connectivity index (χ2n) is 7.02. The summed E-state index contributed by atoms with van der Waals surface area (Å²) in [6.07, 6.45) is 1.55. The van der Waals surface area contributed by atoms with E-state index in [2.05, 4.69) is 10.0 Å². The van der Waals surface area contributed by atoms with Crippen molar-refractivity contribution >= 4 is 38.9 Å². The summed E-state index contributed by atoms with van der Waals surface area (Å²) in [5.41, 5.74) is 1.16. The molecule has 0 bridgehead atoms. The molecule has 0 spiro atoms. The van der Waals surface area contributed by atoms with Crippen LogP contribution < -0.4 is 10.0 Å². The first-order valence-electron chi connectivity index (χ1n) is 9.15. The summed E-state index contributed by atoms with van der Waals surface area (Å²) in [6, 6.07) is 22.4. The number of amides is 1. The minimum Gasteiger partial charge on any atom is -0.325 e. The lowest BCUT2D eigenvalue weighted by atomic mass is 9.95. The van der Waals surface area contributed by atoms with Crippen LogP contribution in [-0.2, 0) is 20.2 Å². The molecule has 0 aromatic heterocycles. The number of carbonyl (C=O) groups is 1. The number of halogens is 1. The number of carbonyl (C=O) groups excluding carboxylic acids is 1. The Hall–Kier alpha value is -2.83. The molecule has 29 heavy (non-hydrogen) atoms. The largest absolute Gasteiger partial charge is 0.325 e. The van der Waals surface area contributed by atoms with Crippen LogP contribution >= 0.6 is 11.6 Å². The number of para-hydroxylation sites is 1. The van der Waals surface area contributed by atoms with Crippen molar-refractivity contribution < 1.29 is 13.2 Å².